The standard InChI is InChI=1S/C10H22N2O3.ClH/c1-10(2,3)15-7-12-6-5-8(11)9(13)14-4;/h8,12H,5-7,11H2,1-4H3;1H/t8-;/m0./s1. The van der Waals surface area contributed by atoms with Crippen LogP contribution in [0.15, 0.2) is 0 Å². The molecule has 0 heterocycles. The summed E-state index contributed by atoms with van der Waals surface area (Å²) in [4.78, 5) is 10.9. The summed E-state index contributed by atoms with van der Waals surface area (Å²) in [5, 5.41) is 3.04. The Morgan fingerprint density at radius 1 is 1.44 bits per heavy atom. The minimum atomic E-state index is -0.558. The molecule has 0 bridgehead atoms. The van der Waals surface area contributed by atoms with Crippen molar-refractivity contribution >= 4 is 18.4 Å². The van der Waals surface area contributed by atoms with E-state index < -0.39 is 6.04 Å². The van der Waals surface area contributed by atoms with Gasteiger partial charge >= 0.3 is 5.97 Å². The number of nitrogens with two attached hydrogens (primary N) is 1. The average Bonchev–Trinajstić information content (AvgIpc) is 2.14. The van der Waals surface area contributed by atoms with Crippen LogP contribution < -0.4 is 11.1 Å². The number of carbonyl (C=O) groups excluding carboxylic acids is 1. The third-order valence-corrected chi connectivity index (χ3v) is 1.74. The molecule has 0 amide bonds. The second-order valence-corrected chi connectivity index (χ2v) is 4.32. The van der Waals surface area contributed by atoms with E-state index >= 15 is 0 Å². The van der Waals surface area contributed by atoms with Crippen LogP contribution in [0.25, 0.3) is 0 Å². The predicted octanol–water partition coefficient (Wildman–Crippen LogP) is 0.661. The monoisotopic (exact) mass is 254 g/mol. The fraction of sp³-hybridized carbons (Fsp3) is 0.900. The van der Waals surface area contributed by atoms with Crippen molar-refractivity contribution in [2.24, 2.45) is 5.73 Å². The van der Waals surface area contributed by atoms with Gasteiger partial charge in [0.15, 0.2) is 0 Å². The van der Waals surface area contributed by atoms with E-state index in [1.807, 2.05) is 20.8 Å². The van der Waals surface area contributed by atoms with Crippen molar-refractivity contribution in [3.8, 4) is 0 Å². The highest BCUT2D eigenvalue weighted by molar-refractivity contribution is 5.85. The summed E-state index contributed by atoms with van der Waals surface area (Å²) < 4.78 is 9.93. The SMILES string of the molecule is COC(=O)[C@@H](N)CCNCOC(C)(C)C.Cl. The second-order valence-electron chi connectivity index (χ2n) is 4.32. The van der Waals surface area contributed by atoms with Gasteiger partial charge in [-0.25, -0.2) is 0 Å². The van der Waals surface area contributed by atoms with Crippen LogP contribution in [0, 0.1) is 0 Å². The first-order chi connectivity index (χ1) is 6.87. The normalized spacial score (nSPS) is 12.8. The number of halogens is 1. The Morgan fingerprint density at radius 2 is 2.00 bits per heavy atom. The molecule has 0 aromatic rings. The Morgan fingerprint density at radius 3 is 2.44 bits per heavy atom. The van der Waals surface area contributed by atoms with Gasteiger partial charge in [0.2, 0.25) is 0 Å². The van der Waals surface area contributed by atoms with Gasteiger partial charge in [-0.05, 0) is 33.7 Å². The quantitative estimate of drug-likeness (QED) is 0.414. The molecule has 0 aliphatic heterocycles. The van der Waals surface area contributed by atoms with Crippen molar-refractivity contribution in [1.82, 2.24) is 5.32 Å². The molecule has 1 atom stereocenters. The number of carbonyl (C=O) groups is 1. The van der Waals surface area contributed by atoms with Crippen molar-refractivity contribution in [3.63, 3.8) is 0 Å². The van der Waals surface area contributed by atoms with E-state index in [1.165, 1.54) is 7.11 Å². The molecule has 16 heavy (non-hydrogen) atoms. The maximum Gasteiger partial charge on any atom is 0.322 e. The van der Waals surface area contributed by atoms with Gasteiger partial charge in [0, 0.05) is 0 Å². The zero-order valence-electron chi connectivity index (χ0n) is 10.4. The van der Waals surface area contributed by atoms with Gasteiger partial charge in [0.25, 0.3) is 0 Å². The number of methoxy groups -OCH3 is 1. The molecule has 0 aliphatic rings. The van der Waals surface area contributed by atoms with Crippen LogP contribution in [0.1, 0.15) is 27.2 Å². The van der Waals surface area contributed by atoms with E-state index in [0.29, 0.717) is 19.7 Å². The first-order valence-corrected chi connectivity index (χ1v) is 5.05. The van der Waals surface area contributed by atoms with Crippen molar-refractivity contribution in [2.75, 3.05) is 20.4 Å². The summed E-state index contributed by atoms with van der Waals surface area (Å²) >= 11 is 0. The van der Waals surface area contributed by atoms with Crippen LogP contribution >= 0.6 is 12.4 Å². The molecule has 0 unspecified atom stereocenters. The number of hydrogen-bond donors (Lipinski definition) is 2. The van der Waals surface area contributed by atoms with Crippen molar-refractivity contribution in [1.29, 1.82) is 0 Å². The maximum atomic E-state index is 10.9. The van der Waals surface area contributed by atoms with Crippen LogP contribution in [0.4, 0.5) is 0 Å². The molecule has 5 nitrogen and oxygen atoms in total. The molecule has 0 aromatic heterocycles. The van der Waals surface area contributed by atoms with Gasteiger partial charge in [-0.2, -0.15) is 0 Å². The summed E-state index contributed by atoms with van der Waals surface area (Å²) in [6.45, 7) is 7.03. The van der Waals surface area contributed by atoms with Gasteiger partial charge < -0.3 is 15.2 Å². The fourth-order valence-electron chi connectivity index (χ4n) is 0.866. The van der Waals surface area contributed by atoms with E-state index in [1.54, 1.807) is 0 Å². The molecule has 6 heteroatoms. The van der Waals surface area contributed by atoms with Crippen molar-refractivity contribution in [3.05, 3.63) is 0 Å². The highest BCUT2D eigenvalue weighted by Crippen LogP contribution is 2.04. The lowest BCUT2D eigenvalue weighted by Gasteiger charge is -2.20. The van der Waals surface area contributed by atoms with E-state index in [0.717, 1.165) is 0 Å². The van der Waals surface area contributed by atoms with E-state index in [9.17, 15) is 4.79 Å². The van der Waals surface area contributed by atoms with E-state index in [4.69, 9.17) is 10.5 Å². The predicted molar refractivity (Wildman–Crippen MR) is 65.6 cm³/mol. The first-order valence-electron chi connectivity index (χ1n) is 5.05. The summed E-state index contributed by atoms with van der Waals surface area (Å²) in [6.07, 6.45) is 0.542. The van der Waals surface area contributed by atoms with Gasteiger partial charge in [-0.1, -0.05) is 0 Å². The highest BCUT2D eigenvalue weighted by Gasteiger charge is 2.13. The van der Waals surface area contributed by atoms with Crippen LogP contribution in [0.2, 0.25) is 0 Å². The minimum Gasteiger partial charge on any atom is -0.468 e. The Balaban J connectivity index is 0. The molecule has 0 spiro atoms. The van der Waals surface area contributed by atoms with Crippen LogP contribution in [0.5, 0.6) is 0 Å². The molecule has 3 N–H and O–H groups in total. The van der Waals surface area contributed by atoms with Crippen LogP contribution in [-0.4, -0.2) is 38.0 Å². The van der Waals surface area contributed by atoms with E-state index in [2.05, 4.69) is 10.1 Å². The van der Waals surface area contributed by atoms with Gasteiger partial charge in [0.05, 0.1) is 19.4 Å². The van der Waals surface area contributed by atoms with Crippen molar-refractivity contribution < 1.29 is 14.3 Å². The first kappa shape index (κ1) is 18.0. The number of esters is 1. The lowest BCUT2D eigenvalue weighted by Crippen LogP contribution is -2.36. The maximum absolute atomic E-state index is 10.9. The molecular weight excluding hydrogens is 232 g/mol. The number of nitrogens with one attached hydrogen (secondary N) is 1. The zero-order valence-corrected chi connectivity index (χ0v) is 11.2. The number of hydrogen-bond acceptors (Lipinski definition) is 5. The molecule has 0 rings (SSSR count). The third-order valence-electron chi connectivity index (χ3n) is 1.74. The Bertz CT molecular complexity index is 195. The van der Waals surface area contributed by atoms with Crippen LogP contribution in [0.3, 0.4) is 0 Å². The minimum absolute atomic E-state index is 0. The molecule has 98 valence electrons. The zero-order chi connectivity index (χ0) is 11.9. The lowest BCUT2D eigenvalue weighted by atomic mass is 10.2. The van der Waals surface area contributed by atoms with Gasteiger partial charge in [-0.15, -0.1) is 12.4 Å². The van der Waals surface area contributed by atoms with Gasteiger partial charge in [0.1, 0.15) is 6.04 Å². The third kappa shape index (κ3) is 10.2. The lowest BCUT2D eigenvalue weighted by molar-refractivity contribution is -0.142. The molecule has 0 aromatic carbocycles. The molecule has 0 saturated heterocycles. The molecule has 0 fully saturated rings. The van der Waals surface area contributed by atoms with Crippen LogP contribution in [-0.2, 0) is 14.3 Å². The molecule has 0 aliphatic carbocycles. The fourth-order valence-corrected chi connectivity index (χ4v) is 0.866. The van der Waals surface area contributed by atoms with E-state index in [-0.39, 0.29) is 24.0 Å². The molecule has 0 radical (unpaired) electrons. The summed E-state index contributed by atoms with van der Waals surface area (Å²) in [5.41, 5.74) is 5.39. The Hall–Kier alpha value is -0.360. The average molecular weight is 255 g/mol. The number of rotatable bonds is 6. The summed E-state index contributed by atoms with van der Waals surface area (Å²) in [5.74, 6) is -0.381. The van der Waals surface area contributed by atoms with Gasteiger partial charge in [-0.3, -0.25) is 10.1 Å². The Kier molecular flexibility index (Phi) is 9.86. The topological polar surface area (TPSA) is 73.6 Å². The largest absolute Gasteiger partial charge is 0.468 e. The smallest absolute Gasteiger partial charge is 0.322 e. The highest BCUT2D eigenvalue weighted by atomic mass is 35.5. The summed E-state index contributed by atoms with van der Waals surface area (Å²) in [6, 6.07) is -0.558. The molecular formula is C10H23ClN2O3. The van der Waals surface area contributed by atoms with Crippen molar-refractivity contribution in [2.45, 2.75) is 38.8 Å². The summed E-state index contributed by atoms with van der Waals surface area (Å²) in [7, 11) is 1.33. The Labute approximate surface area is 103 Å². The number of ether oxygens (including phenoxy) is 2. The molecule has 0 saturated carbocycles. The second kappa shape index (κ2) is 8.75.